The monoisotopic (exact) mass is 355 g/mol. The Bertz CT molecular complexity index is 994. The molecule has 1 aliphatic carbocycles. The van der Waals surface area contributed by atoms with E-state index in [1.165, 1.54) is 0 Å². The van der Waals surface area contributed by atoms with Gasteiger partial charge in [-0.1, -0.05) is 0 Å². The zero-order valence-electron chi connectivity index (χ0n) is 14.5. The molecule has 0 radical (unpaired) electrons. The second-order valence-electron chi connectivity index (χ2n) is 6.69. The molecule has 0 spiro atoms. The summed E-state index contributed by atoms with van der Waals surface area (Å²) in [4.78, 5) is 31.5. The van der Waals surface area contributed by atoms with Crippen LogP contribution in [0.2, 0.25) is 0 Å². The number of rotatable bonds is 4. The molecule has 0 aliphatic heterocycles. The van der Waals surface area contributed by atoms with Crippen LogP contribution in [0.1, 0.15) is 42.1 Å². The van der Waals surface area contributed by atoms with Gasteiger partial charge in [0.2, 0.25) is 0 Å². The second kappa shape index (κ2) is 6.45. The molecule has 1 aromatic carbocycles. The number of nitrogens with zero attached hydrogens (tertiary/aromatic N) is 3. The number of ether oxygens (including phenoxy) is 1. The average molecular weight is 355 g/mol. The van der Waals surface area contributed by atoms with Gasteiger partial charge in [0.15, 0.2) is 0 Å². The van der Waals surface area contributed by atoms with Gasteiger partial charge < -0.3 is 20.0 Å². The molecule has 3 aromatic rings. The number of aromatic amines is 1. The molecule has 8 heteroatoms. The molecule has 0 unspecified atom stereocenters. The summed E-state index contributed by atoms with van der Waals surface area (Å²) in [5.74, 6) is -0.576. The third-order valence-corrected chi connectivity index (χ3v) is 5.22. The van der Waals surface area contributed by atoms with E-state index in [4.69, 9.17) is 10.5 Å². The minimum atomic E-state index is -0.576. The van der Waals surface area contributed by atoms with E-state index in [-0.39, 0.29) is 17.8 Å². The molecule has 26 heavy (non-hydrogen) atoms. The van der Waals surface area contributed by atoms with Crippen LogP contribution in [0.5, 0.6) is 0 Å². The lowest BCUT2D eigenvalue weighted by molar-refractivity contribution is 0.0585. The molecule has 2 heterocycles. The highest BCUT2D eigenvalue weighted by Crippen LogP contribution is 2.32. The van der Waals surface area contributed by atoms with Crippen molar-refractivity contribution in [2.45, 2.75) is 37.8 Å². The van der Waals surface area contributed by atoms with Crippen molar-refractivity contribution in [2.75, 3.05) is 7.11 Å². The molecule has 0 bridgehead atoms. The number of hydrogen-bond donors (Lipinski definition) is 2. The van der Waals surface area contributed by atoms with Gasteiger partial charge in [0.25, 0.3) is 5.91 Å². The number of nitrogens with two attached hydrogens (primary N) is 1. The van der Waals surface area contributed by atoms with Crippen molar-refractivity contribution in [3.05, 3.63) is 46.9 Å². The number of carbonyl (C=O) groups is 1. The molecular formula is C18H21N5O3. The molecule has 2 aromatic heterocycles. The zero-order chi connectivity index (χ0) is 18.3. The van der Waals surface area contributed by atoms with Gasteiger partial charge in [-0.05, 0) is 37.8 Å². The number of aromatic nitrogens is 4. The standard InChI is InChI=1S/C18H21N5O3/c1-26-13-4-2-11(3-5-13)23-15-9-12(22-7-6-20-10-22)8-14(17(19)24)16(15)21-18(23)25/h6-11,13H,2-5H2,1H3,(H2,19,24)(H,21,25). The highest BCUT2D eigenvalue weighted by Gasteiger charge is 2.26. The molecule has 3 N–H and O–H groups in total. The average Bonchev–Trinajstić information content (AvgIpc) is 3.28. The van der Waals surface area contributed by atoms with Crippen LogP contribution in [0.25, 0.3) is 16.7 Å². The van der Waals surface area contributed by atoms with Crippen LogP contribution in [0, 0.1) is 0 Å². The van der Waals surface area contributed by atoms with Crippen LogP contribution in [-0.4, -0.2) is 38.2 Å². The quantitative estimate of drug-likeness (QED) is 0.743. The van der Waals surface area contributed by atoms with Gasteiger partial charge in [-0.2, -0.15) is 0 Å². The number of fused-ring (bicyclic) bond motifs is 1. The van der Waals surface area contributed by atoms with Crippen LogP contribution in [-0.2, 0) is 4.74 Å². The maximum Gasteiger partial charge on any atom is 0.326 e. The van der Waals surface area contributed by atoms with Crippen LogP contribution in [0.4, 0.5) is 0 Å². The summed E-state index contributed by atoms with van der Waals surface area (Å²) >= 11 is 0. The van der Waals surface area contributed by atoms with Crippen LogP contribution >= 0.6 is 0 Å². The molecule has 1 saturated carbocycles. The highest BCUT2D eigenvalue weighted by molar-refractivity contribution is 6.05. The number of H-pyrrole nitrogens is 1. The van der Waals surface area contributed by atoms with Crippen molar-refractivity contribution in [3.63, 3.8) is 0 Å². The second-order valence-corrected chi connectivity index (χ2v) is 6.69. The van der Waals surface area contributed by atoms with Gasteiger partial charge in [-0.3, -0.25) is 9.36 Å². The van der Waals surface area contributed by atoms with Crippen molar-refractivity contribution >= 4 is 16.9 Å². The number of methoxy groups -OCH3 is 1. The maximum atomic E-state index is 12.7. The number of primary amides is 1. The van der Waals surface area contributed by atoms with E-state index in [2.05, 4.69) is 9.97 Å². The lowest BCUT2D eigenvalue weighted by Gasteiger charge is -2.28. The van der Waals surface area contributed by atoms with Crippen LogP contribution < -0.4 is 11.4 Å². The number of amides is 1. The molecule has 1 fully saturated rings. The van der Waals surface area contributed by atoms with E-state index in [9.17, 15) is 9.59 Å². The fraction of sp³-hybridized carbons (Fsp3) is 0.389. The Balaban J connectivity index is 1.87. The smallest absolute Gasteiger partial charge is 0.326 e. The van der Waals surface area contributed by atoms with Gasteiger partial charge >= 0.3 is 5.69 Å². The van der Waals surface area contributed by atoms with E-state index in [1.807, 2.05) is 6.07 Å². The molecule has 1 amide bonds. The first kappa shape index (κ1) is 16.6. The summed E-state index contributed by atoms with van der Waals surface area (Å²) in [5.41, 5.74) is 7.56. The van der Waals surface area contributed by atoms with Gasteiger partial charge in [0, 0.05) is 31.2 Å². The van der Waals surface area contributed by atoms with Crippen molar-refractivity contribution in [3.8, 4) is 5.69 Å². The van der Waals surface area contributed by atoms with E-state index in [0.29, 0.717) is 16.6 Å². The first-order valence-electron chi connectivity index (χ1n) is 8.67. The molecule has 8 nitrogen and oxygen atoms in total. The van der Waals surface area contributed by atoms with Crippen molar-refractivity contribution in [1.29, 1.82) is 0 Å². The normalized spacial score (nSPS) is 20.5. The van der Waals surface area contributed by atoms with Crippen LogP contribution in [0.3, 0.4) is 0 Å². The molecule has 1 aliphatic rings. The van der Waals surface area contributed by atoms with Gasteiger partial charge in [-0.15, -0.1) is 0 Å². The number of carbonyl (C=O) groups excluding carboxylic acids is 1. The molecule has 0 saturated heterocycles. The fourth-order valence-electron chi connectivity index (χ4n) is 3.87. The zero-order valence-corrected chi connectivity index (χ0v) is 14.5. The third kappa shape index (κ3) is 2.72. The Labute approximate surface area is 149 Å². The molecule has 136 valence electrons. The van der Waals surface area contributed by atoms with Gasteiger partial charge in [-0.25, -0.2) is 9.78 Å². The predicted octanol–water partition coefficient (Wildman–Crippen LogP) is 1.74. The minimum Gasteiger partial charge on any atom is -0.381 e. The summed E-state index contributed by atoms with van der Waals surface area (Å²) in [5, 5.41) is 0. The number of imidazole rings is 2. The Hall–Kier alpha value is -2.87. The molecule has 0 atom stereocenters. The van der Waals surface area contributed by atoms with E-state index < -0.39 is 5.91 Å². The number of nitrogens with one attached hydrogen (secondary N) is 1. The lowest BCUT2D eigenvalue weighted by Crippen LogP contribution is -2.28. The highest BCUT2D eigenvalue weighted by atomic mass is 16.5. The lowest BCUT2D eigenvalue weighted by atomic mass is 9.92. The van der Waals surface area contributed by atoms with Crippen molar-refractivity contribution in [1.82, 2.24) is 19.1 Å². The topological polar surface area (TPSA) is 108 Å². The van der Waals surface area contributed by atoms with Crippen molar-refractivity contribution < 1.29 is 9.53 Å². The van der Waals surface area contributed by atoms with E-state index >= 15 is 0 Å². The maximum absolute atomic E-state index is 12.7. The molecule has 4 rings (SSSR count). The SMILES string of the molecule is COC1CCC(n2c(=O)[nH]c3c(C(N)=O)cc(-n4ccnc4)cc32)CC1. The summed E-state index contributed by atoms with van der Waals surface area (Å²) < 4.78 is 8.97. The summed E-state index contributed by atoms with van der Waals surface area (Å²) in [6, 6.07) is 3.64. The van der Waals surface area contributed by atoms with E-state index in [0.717, 1.165) is 31.4 Å². The Morgan fingerprint density at radius 3 is 2.69 bits per heavy atom. The predicted molar refractivity (Wildman–Crippen MR) is 96.5 cm³/mol. The first-order chi connectivity index (χ1) is 12.6. The largest absolute Gasteiger partial charge is 0.381 e. The third-order valence-electron chi connectivity index (χ3n) is 5.22. The Morgan fingerprint density at radius 2 is 2.08 bits per heavy atom. The summed E-state index contributed by atoms with van der Waals surface area (Å²) in [6.07, 6.45) is 8.85. The first-order valence-corrected chi connectivity index (χ1v) is 8.67. The van der Waals surface area contributed by atoms with Crippen LogP contribution in [0.15, 0.2) is 35.6 Å². The van der Waals surface area contributed by atoms with Gasteiger partial charge in [0.05, 0.1) is 29.0 Å². The Kier molecular flexibility index (Phi) is 4.12. The summed E-state index contributed by atoms with van der Waals surface area (Å²) in [7, 11) is 1.72. The minimum absolute atomic E-state index is 0.0708. The van der Waals surface area contributed by atoms with Crippen molar-refractivity contribution in [2.24, 2.45) is 5.73 Å². The molecular weight excluding hydrogens is 334 g/mol. The summed E-state index contributed by atoms with van der Waals surface area (Å²) in [6.45, 7) is 0. The fourth-order valence-corrected chi connectivity index (χ4v) is 3.87. The number of benzene rings is 1. The Morgan fingerprint density at radius 1 is 1.31 bits per heavy atom. The van der Waals surface area contributed by atoms with E-state index in [1.54, 1.807) is 41.0 Å². The number of hydrogen-bond acceptors (Lipinski definition) is 4. The van der Waals surface area contributed by atoms with Gasteiger partial charge in [0.1, 0.15) is 0 Å².